The summed E-state index contributed by atoms with van der Waals surface area (Å²) in [5.74, 6) is 0. The first-order chi connectivity index (χ1) is 15.8. The van der Waals surface area contributed by atoms with E-state index in [2.05, 4.69) is 4.98 Å². The maximum atomic E-state index is 14.2. The number of nitriles is 1. The minimum atomic E-state index is -4.82. The van der Waals surface area contributed by atoms with Crippen LogP contribution >= 0.6 is 0 Å². The number of fused-ring (bicyclic) bond motifs is 1. The fourth-order valence-electron chi connectivity index (χ4n) is 4.03. The van der Waals surface area contributed by atoms with Gasteiger partial charge in [-0.2, -0.15) is 23.2 Å². The van der Waals surface area contributed by atoms with Gasteiger partial charge >= 0.3 is 6.18 Å². The summed E-state index contributed by atoms with van der Waals surface area (Å²) in [5.41, 5.74) is 1.54. The van der Waals surface area contributed by atoms with Crippen LogP contribution in [-0.4, -0.2) is 29.4 Å². The molecule has 3 aromatic rings. The third-order valence-electron chi connectivity index (χ3n) is 5.67. The lowest BCUT2D eigenvalue weighted by atomic mass is 9.96. The highest BCUT2D eigenvalue weighted by molar-refractivity contribution is 7.90. The van der Waals surface area contributed by atoms with Gasteiger partial charge in [-0.1, -0.05) is 32.9 Å². The van der Waals surface area contributed by atoms with Gasteiger partial charge in [-0.15, -0.1) is 0 Å². The minimum absolute atomic E-state index is 0.144. The number of benzene rings is 1. The van der Waals surface area contributed by atoms with Gasteiger partial charge in [-0.3, -0.25) is 0 Å². The summed E-state index contributed by atoms with van der Waals surface area (Å²) in [6, 6.07) is 8.01. The first-order valence-electron chi connectivity index (χ1n) is 10.9. The molecule has 1 fully saturated rings. The van der Waals surface area contributed by atoms with E-state index < -0.39 is 27.5 Å². The molecule has 1 N–H and O–H groups in total. The van der Waals surface area contributed by atoms with Gasteiger partial charge in [0.2, 0.25) is 10.0 Å². The molecule has 1 aliphatic rings. The Morgan fingerprint density at radius 1 is 1.24 bits per heavy atom. The quantitative estimate of drug-likeness (QED) is 0.508. The summed E-state index contributed by atoms with van der Waals surface area (Å²) in [4.78, 5) is 4.07. The molecule has 1 atom stereocenters. The lowest BCUT2D eigenvalue weighted by molar-refractivity contribution is -0.152. The zero-order valence-electron chi connectivity index (χ0n) is 19.0. The lowest BCUT2D eigenvalue weighted by Crippen LogP contribution is -2.39. The molecular formula is C24H25F3N4O2S. The van der Waals surface area contributed by atoms with Gasteiger partial charge in [0.25, 0.3) is 0 Å². The summed E-state index contributed by atoms with van der Waals surface area (Å²) < 4.78 is 71.0. The minimum Gasteiger partial charge on any atom is -0.347 e. The molecule has 1 unspecified atom stereocenters. The van der Waals surface area contributed by atoms with E-state index in [0.29, 0.717) is 41.4 Å². The molecule has 1 aliphatic carbocycles. The maximum absolute atomic E-state index is 14.2. The molecule has 2 heterocycles. The van der Waals surface area contributed by atoms with Crippen molar-refractivity contribution in [1.82, 2.24) is 14.3 Å². The molecule has 34 heavy (non-hydrogen) atoms. The van der Waals surface area contributed by atoms with Gasteiger partial charge < -0.3 is 4.57 Å². The number of hydrogen-bond acceptors (Lipinski definition) is 4. The van der Waals surface area contributed by atoms with E-state index in [1.165, 1.54) is 12.4 Å². The Bertz CT molecular complexity index is 1380. The highest BCUT2D eigenvalue weighted by Crippen LogP contribution is 2.41. The average Bonchev–Trinajstić information content (AvgIpc) is 3.55. The zero-order chi connectivity index (χ0) is 24.9. The van der Waals surface area contributed by atoms with E-state index in [4.69, 9.17) is 0 Å². The Morgan fingerprint density at radius 2 is 1.94 bits per heavy atom. The van der Waals surface area contributed by atoms with Crippen LogP contribution < -0.4 is 4.72 Å². The molecule has 0 bridgehead atoms. The Kier molecular flexibility index (Phi) is 5.98. The van der Waals surface area contributed by atoms with Gasteiger partial charge in [0.15, 0.2) is 0 Å². The monoisotopic (exact) mass is 490 g/mol. The molecule has 0 spiro atoms. The fraction of sp³-hybridized carbons (Fsp3) is 0.417. The van der Waals surface area contributed by atoms with Gasteiger partial charge in [0.05, 0.1) is 5.25 Å². The molecule has 6 nitrogen and oxygen atoms in total. The van der Waals surface area contributed by atoms with Crippen molar-refractivity contribution in [3.63, 3.8) is 0 Å². The SMILES string of the molecule is CC(C)(C)Cn1cc(C(NS(=O)(=O)C2CC2)C(F)(F)F)c2ccc(-c3cccnc3C#N)cc21. The second-order valence-corrected chi connectivity index (χ2v) is 11.8. The van der Waals surface area contributed by atoms with Gasteiger partial charge in [0.1, 0.15) is 17.8 Å². The van der Waals surface area contributed by atoms with Crippen LogP contribution in [0.2, 0.25) is 0 Å². The largest absolute Gasteiger partial charge is 0.408 e. The van der Waals surface area contributed by atoms with Gasteiger partial charge in [-0.05, 0) is 42.0 Å². The zero-order valence-corrected chi connectivity index (χ0v) is 19.8. The number of rotatable bonds is 6. The Hall–Kier alpha value is -2.90. The summed E-state index contributed by atoms with van der Waals surface area (Å²) in [5, 5.41) is 8.94. The third kappa shape index (κ3) is 4.95. The summed E-state index contributed by atoms with van der Waals surface area (Å²) in [6.45, 7) is 6.31. The third-order valence-corrected chi connectivity index (χ3v) is 7.58. The van der Waals surface area contributed by atoms with E-state index in [1.807, 2.05) is 31.6 Å². The normalized spacial score (nSPS) is 15.9. The van der Waals surface area contributed by atoms with Crippen LogP contribution in [0.25, 0.3) is 22.0 Å². The van der Waals surface area contributed by atoms with Crippen LogP contribution in [0.3, 0.4) is 0 Å². The summed E-state index contributed by atoms with van der Waals surface area (Å²) >= 11 is 0. The predicted molar refractivity (Wildman–Crippen MR) is 123 cm³/mol. The number of pyridine rings is 1. The van der Waals surface area contributed by atoms with Crippen LogP contribution in [-0.2, 0) is 16.6 Å². The maximum Gasteiger partial charge on any atom is 0.408 e. The van der Waals surface area contributed by atoms with Crippen LogP contribution in [0.5, 0.6) is 0 Å². The Balaban J connectivity index is 1.90. The first kappa shape index (κ1) is 24.2. The van der Waals surface area contributed by atoms with Crippen molar-refractivity contribution in [1.29, 1.82) is 5.26 Å². The van der Waals surface area contributed by atoms with Crippen molar-refractivity contribution in [2.45, 2.75) is 57.6 Å². The molecule has 0 radical (unpaired) electrons. The Morgan fingerprint density at radius 3 is 2.53 bits per heavy atom. The highest BCUT2D eigenvalue weighted by atomic mass is 32.2. The van der Waals surface area contributed by atoms with Crippen molar-refractivity contribution in [2.24, 2.45) is 5.41 Å². The smallest absolute Gasteiger partial charge is 0.347 e. The number of halogens is 3. The second-order valence-electron chi connectivity index (χ2n) is 9.85. The summed E-state index contributed by atoms with van der Waals surface area (Å²) in [7, 11) is -4.10. The number of nitrogens with one attached hydrogen (secondary N) is 1. The second kappa shape index (κ2) is 8.40. The average molecular weight is 491 g/mol. The van der Waals surface area contributed by atoms with Crippen molar-refractivity contribution in [2.75, 3.05) is 0 Å². The number of sulfonamides is 1. The lowest BCUT2D eigenvalue weighted by Gasteiger charge is -2.22. The van der Waals surface area contributed by atoms with E-state index >= 15 is 0 Å². The molecule has 4 rings (SSSR count). The van der Waals surface area contributed by atoms with Crippen LogP contribution in [0.4, 0.5) is 13.2 Å². The van der Waals surface area contributed by atoms with Crippen LogP contribution in [0, 0.1) is 16.7 Å². The molecular weight excluding hydrogens is 465 g/mol. The molecule has 2 aromatic heterocycles. The number of hydrogen-bond donors (Lipinski definition) is 1. The number of nitrogens with zero attached hydrogens (tertiary/aromatic N) is 3. The first-order valence-corrected chi connectivity index (χ1v) is 12.4. The van der Waals surface area contributed by atoms with Crippen molar-refractivity contribution in [3.05, 3.63) is 54.0 Å². The van der Waals surface area contributed by atoms with Crippen LogP contribution in [0.1, 0.15) is 50.9 Å². The van der Waals surface area contributed by atoms with E-state index in [9.17, 15) is 26.9 Å². The van der Waals surface area contributed by atoms with Crippen molar-refractivity contribution in [3.8, 4) is 17.2 Å². The number of alkyl halides is 3. The molecule has 0 aliphatic heterocycles. The molecule has 0 amide bonds. The van der Waals surface area contributed by atoms with Gasteiger partial charge in [-0.25, -0.2) is 13.4 Å². The fourth-order valence-corrected chi connectivity index (χ4v) is 5.57. The van der Waals surface area contributed by atoms with E-state index in [1.54, 1.807) is 34.9 Å². The molecule has 1 saturated carbocycles. The molecule has 0 saturated heterocycles. The van der Waals surface area contributed by atoms with E-state index in [0.717, 1.165) is 0 Å². The molecule has 1 aromatic carbocycles. The Labute approximate surface area is 196 Å². The van der Waals surface area contributed by atoms with E-state index in [-0.39, 0.29) is 16.7 Å². The van der Waals surface area contributed by atoms with Gasteiger partial charge in [0, 0.05) is 41.0 Å². The van der Waals surface area contributed by atoms with Crippen molar-refractivity contribution >= 4 is 20.9 Å². The standard InChI is InChI=1S/C24H25F3N4O2S/c1-23(2,3)14-31-13-19(22(24(25,26)27)30-34(32,33)16-7-8-16)18-9-6-15(11-21(18)31)17-5-4-10-29-20(17)12-28/h4-6,9-11,13,16,22,30H,7-8,14H2,1-3H3. The molecule has 180 valence electrons. The topological polar surface area (TPSA) is 87.8 Å². The predicted octanol–water partition coefficient (Wildman–Crippen LogP) is 5.31. The molecule has 10 heteroatoms. The highest BCUT2D eigenvalue weighted by Gasteiger charge is 2.47. The van der Waals surface area contributed by atoms with Crippen molar-refractivity contribution < 1.29 is 21.6 Å². The number of aromatic nitrogens is 2. The summed E-state index contributed by atoms with van der Waals surface area (Å²) in [6.07, 6.45) is -1.20. The van der Waals surface area contributed by atoms with Crippen LogP contribution in [0.15, 0.2) is 42.7 Å².